The standard InChI is InChI=1S/C55H53N4O.Pt/c1-36-16-14-21-49-52(36)58(43-30-40(54(5,6)7)29-41(31-43)55(8,9)10)35-57(49)42-19-15-20-44(33-42)60-45-23-24-46-47-28-38(37-17-12-11-13-18-37)22-25-48(47)59(50(46)34-45)51-32-39(26-27-56-51)53(2,3)4;/h11-32,35H,1-10H3;/q-3;/i1D3;. The largest absolute Gasteiger partial charge is 0.509 e. The van der Waals surface area contributed by atoms with Gasteiger partial charge in [-0.3, -0.25) is 0 Å². The molecule has 61 heavy (non-hydrogen) atoms. The molecule has 2 aromatic heterocycles. The minimum atomic E-state index is -2.35. The van der Waals surface area contributed by atoms with Crippen molar-refractivity contribution in [1.29, 1.82) is 0 Å². The molecule has 1 aliphatic rings. The topological polar surface area (TPSA) is 33.5 Å². The number of ether oxygens (including phenoxy) is 1. The molecule has 0 spiro atoms. The Labute approximate surface area is 380 Å². The van der Waals surface area contributed by atoms with Crippen molar-refractivity contribution >= 4 is 44.6 Å². The van der Waals surface area contributed by atoms with Crippen LogP contribution in [-0.2, 0) is 37.3 Å². The van der Waals surface area contributed by atoms with Gasteiger partial charge in [-0.05, 0) is 98.3 Å². The van der Waals surface area contributed by atoms with Gasteiger partial charge in [0.05, 0.1) is 0 Å². The SMILES string of the molecule is [2H]C([2H])([2H])c1cccc2c1N(c1cc(C(C)(C)C)cc(C(C)(C)C)c1)[CH-]N2c1[c-]c(Oc2[c-]c3c(cc2)c2cc(-c4ccccc4)ccc2n3-c2cc(C(C)(C)C)ccn2)ccc1.[Pt]. The molecule has 0 saturated carbocycles. The Hall–Kier alpha value is -5.64. The van der Waals surface area contributed by atoms with Gasteiger partial charge >= 0.3 is 0 Å². The summed E-state index contributed by atoms with van der Waals surface area (Å²) >= 11 is 0. The molecule has 0 radical (unpaired) electrons. The van der Waals surface area contributed by atoms with Crippen LogP contribution in [0, 0.1) is 25.7 Å². The number of benzene rings is 6. The first-order valence-corrected chi connectivity index (χ1v) is 20.7. The molecule has 0 bridgehead atoms. The Morgan fingerprint density at radius 3 is 2.02 bits per heavy atom. The number of aryl methyl sites for hydroxylation is 1. The van der Waals surface area contributed by atoms with Gasteiger partial charge in [0.15, 0.2) is 0 Å². The summed E-state index contributed by atoms with van der Waals surface area (Å²) in [5.41, 5.74) is 10.6. The van der Waals surface area contributed by atoms with Crippen LogP contribution in [0.2, 0.25) is 0 Å². The van der Waals surface area contributed by atoms with Crippen LogP contribution in [0.3, 0.4) is 0 Å². The van der Waals surface area contributed by atoms with Gasteiger partial charge in [0, 0.05) is 65.5 Å². The normalized spacial score (nSPS) is 14.1. The summed E-state index contributed by atoms with van der Waals surface area (Å²) in [6, 6.07) is 50.4. The molecule has 5 nitrogen and oxygen atoms in total. The Morgan fingerprint density at radius 2 is 1.31 bits per heavy atom. The summed E-state index contributed by atoms with van der Waals surface area (Å²) in [5.74, 6) is 1.83. The van der Waals surface area contributed by atoms with Crippen molar-refractivity contribution in [2.24, 2.45) is 0 Å². The average molecular weight is 984 g/mol. The number of rotatable bonds is 6. The Kier molecular flexibility index (Phi) is 9.84. The first-order valence-electron chi connectivity index (χ1n) is 22.2. The van der Waals surface area contributed by atoms with Crippen molar-refractivity contribution in [1.82, 2.24) is 9.55 Å². The van der Waals surface area contributed by atoms with Gasteiger partial charge in [-0.2, -0.15) is 12.1 Å². The van der Waals surface area contributed by atoms with E-state index in [0.717, 1.165) is 50.1 Å². The molecule has 0 N–H and O–H groups in total. The summed E-state index contributed by atoms with van der Waals surface area (Å²) in [5, 5.41) is 2.13. The molecule has 6 aromatic carbocycles. The van der Waals surface area contributed by atoms with E-state index in [0.29, 0.717) is 22.9 Å². The third-order valence-corrected chi connectivity index (χ3v) is 11.5. The van der Waals surface area contributed by atoms with Gasteiger partial charge in [0.2, 0.25) is 0 Å². The van der Waals surface area contributed by atoms with E-state index in [1.807, 2.05) is 65.1 Å². The molecule has 312 valence electrons. The fraction of sp³-hybridized carbons (Fsp3) is 0.236. The number of fused-ring (bicyclic) bond motifs is 4. The van der Waals surface area contributed by atoms with E-state index in [1.54, 1.807) is 6.07 Å². The zero-order chi connectivity index (χ0) is 44.6. The summed E-state index contributed by atoms with van der Waals surface area (Å²) in [6.45, 7) is 19.5. The first-order chi connectivity index (χ1) is 29.7. The van der Waals surface area contributed by atoms with Crippen LogP contribution in [0.4, 0.5) is 22.7 Å². The molecule has 8 aromatic rings. The number of anilines is 4. The summed E-state index contributed by atoms with van der Waals surface area (Å²) < 4.78 is 34.6. The van der Waals surface area contributed by atoms with Crippen molar-refractivity contribution in [3.05, 3.63) is 175 Å². The van der Waals surface area contributed by atoms with Crippen LogP contribution in [0.15, 0.2) is 134 Å². The summed E-state index contributed by atoms with van der Waals surface area (Å²) in [6.07, 6.45) is 1.88. The summed E-state index contributed by atoms with van der Waals surface area (Å²) in [7, 11) is 0. The van der Waals surface area contributed by atoms with Gasteiger partial charge in [-0.1, -0.05) is 128 Å². The maximum absolute atomic E-state index is 8.59. The molecular weight excluding hydrogens is 928 g/mol. The molecule has 1 aliphatic heterocycles. The molecule has 0 unspecified atom stereocenters. The van der Waals surface area contributed by atoms with Crippen LogP contribution in [-0.4, -0.2) is 9.55 Å². The van der Waals surface area contributed by atoms with Crippen LogP contribution in [0.25, 0.3) is 38.8 Å². The first kappa shape index (κ1) is 38.3. The van der Waals surface area contributed by atoms with Gasteiger partial charge in [0.1, 0.15) is 5.82 Å². The van der Waals surface area contributed by atoms with E-state index in [-0.39, 0.29) is 42.9 Å². The third kappa shape index (κ3) is 8.01. The Bertz CT molecular complexity index is 2990. The van der Waals surface area contributed by atoms with E-state index >= 15 is 0 Å². The number of hydrogen-bond donors (Lipinski definition) is 0. The van der Waals surface area contributed by atoms with E-state index < -0.39 is 6.85 Å². The molecule has 3 heterocycles. The van der Waals surface area contributed by atoms with Crippen LogP contribution in [0.5, 0.6) is 11.5 Å². The minimum absolute atomic E-state index is 0. The smallest absolute Gasteiger partial charge is 0.135 e. The Balaban J connectivity index is 0.00000560. The zero-order valence-electron chi connectivity index (χ0n) is 39.3. The van der Waals surface area contributed by atoms with E-state index in [1.165, 1.54) is 16.7 Å². The van der Waals surface area contributed by atoms with Crippen molar-refractivity contribution in [2.75, 3.05) is 9.80 Å². The van der Waals surface area contributed by atoms with Crippen molar-refractivity contribution in [2.45, 2.75) is 85.4 Å². The molecule has 0 fully saturated rings. The average Bonchev–Trinajstić information content (AvgIpc) is 3.78. The maximum Gasteiger partial charge on any atom is 0.135 e. The Morgan fingerprint density at radius 1 is 0.607 bits per heavy atom. The molecule has 9 rings (SSSR count). The second-order valence-electron chi connectivity index (χ2n) is 19.0. The van der Waals surface area contributed by atoms with E-state index in [9.17, 15) is 0 Å². The van der Waals surface area contributed by atoms with Crippen LogP contribution in [0.1, 0.15) is 88.7 Å². The predicted molar refractivity (Wildman–Crippen MR) is 250 cm³/mol. The monoisotopic (exact) mass is 983 g/mol. The van der Waals surface area contributed by atoms with E-state index in [4.69, 9.17) is 13.8 Å². The van der Waals surface area contributed by atoms with Gasteiger partial charge in [-0.15, -0.1) is 48.1 Å². The van der Waals surface area contributed by atoms with Gasteiger partial charge in [0.25, 0.3) is 0 Å². The molecule has 0 amide bonds. The zero-order valence-corrected chi connectivity index (χ0v) is 38.6. The van der Waals surface area contributed by atoms with Gasteiger partial charge < -0.3 is 19.1 Å². The summed E-state index contributed by atoms with van der Waals surface area (Å²) in [4.78, 5) is 8.92. The minimum Gasteiger partial charge on any atom is -0.509 e. The van der Waals surface area contributed by atoms with Crippen molar-refractivity contribution in [3.63, 3.8) is 0 Å². The van der Waals surface area contributed by atoms with Crippen LogP contribution >= 0.6 is 0 Å². The molecule has 0 atom stereocenters. The van der Waals surface area contributed by atoms with Crippen molar-refractivity contribution < 1.29 is 29.9 Å². The van der Waals surface area contributed by atoms with E-state index in [2.05, 4.69) is 158 Å². The number of pyridine rings is 1. The molecule has 0 aliphatic carbocycles. The molecule has 0 saturated heterocycles. The number of para-hydroxylation sites is 1. The van der Waals surface area contributed by atoms with Gasteiger partial charge in [-0.25, -0.2) is 4.98 Å². The quantitative estimate of drug-likeness (QED) is 0.156. The predicted octanol–water partition coefficient (Wildman–Crippen LogP) is 14.8. The fourth-order valence-corrected chi connectivity index (χ4v) is 8.01. The van der Waals surface area contributed by atoms with Crippen molar-refractivity contribution in [3.8, 4) is 28.4 Å². The molecular formula is C55H53N4OPt-3. The second-order valence-corrected chi connectivity index (χ2v) is 19.0. The molecule has 6 heteroatoms. The van der Waals surface area contributed by atoms with Crippen LogP contribution < -0.4 is 14.5 Å². The second kappa shape index (κ2) is 15.7. The number of hydrogen-bond acceptors (Lipinski definition) is 4. The maximum atomic E-state index is 8.59. The fourth-order valence-electron chi connectivity index (χ4n) is 8.01. The number of aromatic nitrogens is 2. The third-order valence-electron chi connectivity index (χ3n) is 11.5. The number of nitrogens with zero attached hydrogens (tertiary/aromatic N) is 4.